The minimum atomic E-state index is -0.993. The van der Waals surface area contributed by atoms with Gasteiger partial charge in [-0.25, -0.2) is 4.39 Å². The molecule has 0 radical (unpaired) electrons. The lowest BCUT2D eigenvalue weighted by atomic mass is 10.1. The van der Waals surface area contributed by atoms with E-state index in [1.54, 1.807) is 13.8 Å². The van der Waals surface area contributed by atoms with Gasteiger partial charge in [0, 0.05) is 5.56 Å². The fourth-order valence-corrected chi connectivity index (χ4v) is 1.19. The summed E-state index contributed by atoms with van der Waals surface area (Å²) < 4.78 is 18.1. The van der Waals surface area contributed by atoms with E-state index in [1.807, 2.05) is 6.07 Å². The zero-order valence-electron chi connectivity index (χ0n) is 9.87. The molecule has 5 heteroatoms. The second-order valence-corrected chi connectivity index (χ2v) is 4.04. The Bertz CT molecular complexity index is 478. The van der Waals surface area contributed by atoms with E-state index in [-0.39, 0.29) is 11.3 Å². The molecule has 0 bridgehead atoms. The Kier molecular flexibility index (Phi) is 3.69. The number of ether oxygens (including phenoxy) is 1. The van der Waals surface area contributed by atoms with Crippen LogP contribution in [0.15, 0.2) is 18.2 Å². The van der Waals surface area contributed by atoms with E-state index in [9.17, 15) is 9.18 Å². The molecule has 0 aliphatic rings. The lowest BCUT2D eigenvalue weighted by Crippen LogP contribution is -2.42. The molecule has 1 rings (SSSR count). The Morgan fingerprint density at radius 2 is 2.18 bits per heavy atom. The summed E-state index contributed by atoms with van der Waals surface area (Å²) in [6, 6.07) is 5.80. The maximum absolute atomic E-state index is 13.4. The van der Waals surface area contributed by atoms with Crippen LogP contribution < -0.4 is 10.1 Å². The largest absolute Gasteiger partial charge is 0.494 e. The van der Waals surface area contributed by atoms with Gasteiger partial charge in [-0.2, -0.15) is 5.26 Å². The molecule has 0 spiro atoms. The van der Waals surface area contributed by atoms with Crippen LogP contribution in [0, 0.1) is 17.1 Å². The highest BCUT2D eigenvalue weighted by Gasteiger charge is 2.20. The van der Waals surface area contributed by atoms with Crippen molar-refractivity contribution in [1.82, 2.24) is 5.32 Å². The van der Waals surface area contributed by atoms with Gasteiger partial charge >= 0.3 is 0 Å². The van der Waals surface area contributed by atoms with Gasteiger partial charge in [0.05, 0.1) is 13.2 Å². The molecule has 0 atom stereocenters. The van der Waals surface area contributed by atoms with E-state index in [4.69, 9.17) is 10.00 Å². The monoisotopic (exact) mass is 236 g/mol. The average Bonchev–Trinajstić information content (AvgIpc) is 2.28. The van der Waals surface area contributed by atoms with E-state index in [1.165, 1.54) is 19.2 Å². The van der Waals surface area contributed by atoms with Crippen molar-refractivity contribution in [2.24, 2.45) is 0 Å². The third kappa shape index (κ3) is 3.18. The number of carbonyl (C=O) groups is 1. The molecule has 4 nitrogen and oxygen atoms in total. The van der Waals surface area contributed by atoms with Crippen molar-refractivity contribution >= 4 is 5.91 Å². The Morgan fingerprint density at radius 3 is 2.65 bits per heavy atom. The quantitative estimate of drug-likeness (QED) is 0.871. The van der Waals surface area contributed by atoms with Crippen LogP contribution in [0.3, 0.4) is 0 Å². The summed E-state index contributed by atoms with van der Waals surface area (Å²) in [5, 5.41) is 11.2. The van der Waals surface area contributed by atoms with Gasteiger partial charge in [0.25, 0.3) is 5.91 Å². The van der Waals surface area contributed by atoms with E-state index in [2.05, 4.69) is 5.32 Å². The summed E-state index contributed by atoms with van der Waals surface area (Å²) in [4.78, 5) is 11.7. The molecule has 0 saturated carbocycles. The second kappa shape index (κ2) is 4.83. The molecule has 0 saturated heterocycles. The van der Waals surface area contributed by atoms with Crippen molar-refractivity contribution < 1.29 is 13.9 Å². The minimum Gasteiger partial charge on any atom is -0.494 e. The van der Waals surface area contributed by atoms with Crippen LogP contribution in [0.25, 0.3) is 0 Å². The van der Waals surface area contributed by atoms with E-state index in [0.29, 0.717) is 0 Å². The number of benzene rings is 1. The first-order valence-electron chi connectivity index (χ1n) is 4.97. The van der Waals surface area contributed by atoms with Crippen LogP contribution in [-0.4, -0.2) is 18.6 Å². The molecule has 0 fully saturated rings. The zero-order valence-corrected chi connectivity index (χ0v) is 9.87. The number of nitrogens with zero attached hydrogens (tertiary/aromatic N) is 1. The number of methoxy groups -OCH3 is 1. The van der Waals surface area contributed by atoms with Crippen LogP contribution in [0.1, 0.15) is 24.2 Å². The maximum Gasteiger partial charge on any atom is 0.252 e. The number of hydrogen-bond acceptors (Lipinski definition) is 3. The number of carbonyl (C=O) groups excluding carboxylic acids is 1. The van der Waals surface area contributed by atoms with Crippen molar-refractivity contribution in [2.45, 2.75) is 19.4 Å². The highest BCUT2D eigenvalue weighted by molar-refractivity contribution is 5.95. The molecule has 0 aliphatic heterocycles. The first kappa shape index (κ1) is 13.0. The summed E-state index contributed by atoms with van der Waals surface area (Å²) in [6.07, 6.45) is 0. The molecule has 0 unspecified atom stereocenters. The van der Waals surface area contributed by atoms with Gasteiger partial charge in [0.2, 0.25) is 0 Å². The van der Waals surface area contributed by atoms with E-state index >= 15 is 0 Å². The van der Waals surface area contributed by atoms with Crippen LogP contribution in [0.4, 0.5) is 4.39 Å². The first-order chi connectivity index (χ1) is 7.89. The maximum atomic E-state index is 13.4. The molecule has 17 heavy (non-hydrogen) atoms. The molecular weight excluding hydrogens is 223 g/mol. The van der Waals surface area contributed by atoms with E-state index in [0.717, 1.165) is 6.07 Å². The SMILES string of the molecule is COc1ccc(C(=O)NC(C)(C)C#N)cc1F. The van der Waals surface area contributed by atoms with Gasteiger partial charge in [0.15, 0.2) is 11.6 Å². The Hall–Kier alpha value is -2.09. The van der Waals surface area contributed by atoms with Gasteiger partial charge < -0.3 is 10.1 Å². The lowest BCUT2D eigenvalue weighted by molar-refractivity contribution is 0.0928. The Labute approximate surface area is 99.0 Å². The van der Waals surface area contributed by atoms with Crippen LogP contribution >= 0.6 is 0 Å². The predicted molar refractivity (Wildman–Crippen MR) is 60.1 cm³/mol. The smallest absolute Gasteiger partial charge is 0.252 e. The van der Waals surface area contributed by atoms with Crippen molar-refractivity contribution in [3.8, 4) is 11.8 Å². The van der Waals surface area contributed by atoms with Gasteiger partial charge in [-0.3, -0.25) is 4.79 Å². The first-order valence-corrected chi connectivity index (χ1v) is 4.97. The standard InChI is InChI=1S/C12H13FN2O2/c1-12(2,7-14)15-11(16)8-4-5-10(17-3)9(13)6-8/h4-6H,1-3H3,(H,15,16). The number of amides is 1. The van der Waals surface area contributed by atoms with Crippen molar-refractivity contribution in [1.29, 1.82) is 5.26 Å². The highest BCUT2D eigenvalue weighted by Crippen LogP contribution is 2.18. The highest BCUT2D eigenvalue weighted by atomic mass is 19.1. The molecule has 0 aromatic heterocycles. The topological polar surface area (TPSA) is 62.1 Å². The molecular formula is C12H13FN2O2. The van der Waals surface area contributed by atoms with Gasteiger partial charge in [0.1, 0.15) is 5.54 Å². The Balaban J connectivity index is 2.92. The molecule has 90 valence electrons. The predicted octanol–water partition coefficient (Wildman–Crippen LogP) is 1.87. The third-order valence-electron chi connectivity index (χ3n) is 2.12. The van der Waals surface area contributed by atoms with Crippen LogP contribution in [-0.2, 0) is 0 Å². The summed E-state index contributed by atoms with van der Waals surface area (Å²) in [7, 11) is 1.34. The molecule has 1 N–H and O–H groups in total. The van der Waals surface area contributed by atoms with Gasteiger partial charge in [-0.15, -0.1) is 0 Å². The molecule has 0 aliphatic carbocycles. The molecule has 1 aromatic carbocycles. The summed E-state index contributed by atoms with van der Waals surface area (Å²) in [5.74, 6) is -1.05. The summed E-state index contributed by atoms with van der Waals surface area (Å²) >= 11 is 0. The minimum absolute atomic E-state index is 0.0705. The number of hydrogen-bond donors (Lipinski definition) is 1. The fourth-order valence-electron chi connectivity index (χ4n) is 1.19. The van der Waals surface area contributed by atoms with Gasteiger partial charge in [-0.05, 0) is 32.0 Å². The molecule has 1 amide bonds. The lowest BCUT2D eigenvalue weighted by Gasteiger charge is -2.17. The fraction of sp³-hybridized carbons (Fsp3) is 0.333. The number of nitrogens with one attached hydrogen (secondary N) is 1. The van der Waals surface area contributed by atoms with Crippen molar-refractivity contribution in [2.75, 3.05) is 7.11 Å². The van der Waals surface area contributed by atoms with Crippen molar-refractivity contribution in [3.63, 3.8) is 0 Å². The molecule has 1 aromatic rings. The zero-order chi connectivity index (χ0) is 13.1. The van der Waals surface area contributed by atoms with E-state index < -0.39 is 17.3 Å². The van der Waals surface area contributed by atoms with Crippen LogP contribution in [0.2, 0.25) is 0 Å². The Morgan fingerprint density at radius 1 is 1.53 bits per heavy atom. The van der Waals surface area contributed by atoms with Crippen LogP contribution in [0.5, 0.6) is 5.75 Å². The third-order valence-corrected chi connectivity index (χ3v) is 2.12. The van der Waals surface area contributed by atoms with Gasteiger partial charge in [-0.1, -0.05) is 0 Å². The summed E-state index contributed by atoms with van der Waals surface area (Å²) in [5.41, 5.74) is -0.848. The normalized spacial score (nSPS) is 10.5. The number of rotatable bonds is 3. The second-order valence-electron chi connectivity index (χ2n) is 4.04. The molecule has 0 heterocycles. The summed E-state index contributed by atoms with van der Waals surface area (Å²) in [6.45, 7) is 3.12. The number of halogens is 1. The average molecular weight is 236 g/mol. The number of nitriles is 1. The van der Waals surface area contributed by atoms with Crippen molar-refractivity contribution in [3.05, 3.63) is 29.6 Å².